The van der Waals surface area contributed by atoms with E-state index in [9.17, 15) is 17.6 Å². The summed E-state index contributed by atoms with van der Waals surface area (Å²) < 4.78 is 40.3. The Morgan fingerprint density at radius 1 is 1.09 bits per heavy atom. The maximum atomic E-state index is 13.2. The number of halogens is 2. The van der Waals surface area contributed by atoms with Crippen molar-refractivity contribution < 1.29 is 17.6 Å². The van der Waals surface area contributed by atoms with Crippen LogP contribution in [0.15, 0.2) is 65.7 Å². The number of rotatable bonds is 6. The van der Waals surface area contributed by atoms with Crippen molar-refractivity contribution in [2.45, 2.75) is 17.7 Å². The van der Waals surface area contributed by atoms with Crippen LogP contribution in [-0.2, 0) is 10.0 Å². The van der Waals surface area contributed by atoms with E-state index in [2.05, 4.69) is 15.2 Å². The molecule has 10 heteroatoms. The summed E-state index contributed by atoms with van der Waals surface area (Å²) in [5.41, 5.74) is 0.756. The van der Waals surface area contributed by atoms with Gasteiger partial charge in [-0.2, -0.15) is 0 Å². The molecule has 1 N–H and O–H groups in total. The number of carbonyl (C=O) groups excluding carboxylic acids is 1. The molecule has 7 nitrogen and oxygen atoms in total. The van der Waals surface area contributed by atoms with Crippen LogP contribution >= 0.6 is 11.6 Å². The van der Waals surface area contributed by atoms with E-state index in [0.29, 0.717) is 5.69 Å². The van der Waals surface area contributed by atoms with Crippen LogP contribution in [0.5, 0.6) is 0 Å². The summed E-state index contributed by atoms with van der Waals surface area (Å²) in [5, 5.41) is 2.82. The number of hydrogen-bond acceptors (Lipinski definition) is 5. The topological polar surface area (TPSA) is 82.6 Å². The van der Waals surface area contributed by atoms with Gasteiger partial charge in [0.05, 0.1) is 33.1 Å². The first-order chi connectivity index (χ1) is 15.8. The normalized spacial score (nSPS) is 13.7. The Labute approximate surface area is 196 Å². The van der Waals surface area contributed by atoms with Crippen LogP contribution in [0.25, 0.3) is 0 Å². The van der Waals surface area contributed by atoms with Gasteiger partial charge in [-0.3, -0.25) is 9.10 Å². The summed E-state index contributed by atoms with van der Waals surface area (Å²) in [6.07, 6.45) is 3.82. The fraction of sp³-hybridized carbons (Fsp3) is 0.217. The molecular weight excluding hydrogens is 467 g/mol. The number of amides is 1. The summed E-state index contributed by atoms with van der Waals surface area (Å²) in [5.74, 6) is -0.185. The van der Waals surface area contributed by atoms with Gasteiger partial charge in [-0.15, -0.1) is 0 Å². The van der Waals surface area contributed by atoms with E-state index < -0.39 is 21.7 Å². The molecule has 0 spiro atoms. The minimum Gasteiger partial charge on any atom is -0.357 e. The van der Waals surface area contributed by atoms with Crippen LogP contribution in [0.4, 0.5) is 21.6 Å². The second-order valence-electron chi connectivity index (χ2n) is 7.64. The molecule has 1 aliphatic rings. The van der Waals surface area contributed by atoms with Crippen molar-refractivity contribution in [3.8, 4) is 0 Å². The highest BCUT2D eigenvalue weighted by molar-refractivity contribution is 7.92. The van der Waals surface area contributed by atoms with Crippen LogP contribution in [-0.4, -0.2) is 39.4 Å². The Balaban J connectivity index is 1.55. The maximum Gasteiger partial charge on any atom is 0.264 e. The van der Waals surface area contributed by atoms with Crippen LogP contribution in [0.2, 0.25) is 5.02 Å². The van der Waals surface area contributed by atoms with Crippen molar-refractivity contribution in [2.75, 3.05) is 34.7 Å². The van der Waals surface area contributed by atoms with E-state index in [-0.39, 0.29) is 21.2 Å². The first-order valence-corrected chi connectivity index (χ1v) is 12.1. The molecule has 1 aromatic heterocycles. The van der Waals surface area contributed by atoms with Gasteiger partial charge in [0.2, 0.25) is 0 Å². The highest BCUT2D eigenvalue weighted by Gasteiger charge is 2.24. The number of benzene rings is 2. The lowest BCUT2D eigenvalue weighted by molar-refractivity contribution is 0.102. The lowest BCUT2D eigenvalue weighted by atomic mass is 10.2. The summed E-state index contributed by atoms with van der Waals surface area (Å²) in [6, 6.07) is 12.5. The summed E-state index contributed by atoms with van der Waals surface area (Å²) in [7, 11) is -2.66. The third-order valence-corrected chi connectivity index (χ3v) is 7.58. The Bertz CT molecular complexity index is 1260. The SMILES string of the molecule is CN(c1ccc(F)cc1)S(=O)(=O)c1ccc(Cl)c(C(=O)Nc2ccc(N3CCCC3)nc2)c1. The van der Waals surface area contributed by atoms with Gasteiger partial charge >= 0.3 is 0 Å². The molecule has 1 saturated heterocycles. The minimum absolute atomic E-state index is 0.00821. The molecular formula is C23H22ClFN4O3S. The lowest BCUT2D eigenvalue weighted by Crippen LogP contribution is -2.27. The van der Waals surface area contributed by atoms with Gasteiger partial charge in [-0.1, -0.05) is 11.6 Å². The van der Waals surface area contributed by atoms with Gasteiger partial charge in [0, 0.05) is 20.1 Å². The predicted molar refractivity (Wildman–Crippen MR) is 127 cm³/mol. The van der Waals surface area contributed by atoms with E-state index in [1.54, 1.807) is 12.3 Å². The van der Waals surface area contributed by atoms with E-state index in [1.807, 2.05) is 6.07 Å². The average Bonchev–Trinajstić information content (AvgIpc) is 3.35. The molecule has 0 bridgehead atoms. The molecule has 4 rings (SSSR count). The molecule has 0 saturated carbocycles. The molecule has 1 amide bonds. The zero-order chi connectivity index (χ0) is 23.6. The fourth-order valence-electron chi connectivity index (χ4n) is 3.58. The number of pyridine rings is 1. The quantitative estimate of drug-likeness (QED) is 0.550. The van der Waals surface area contributed by atoms with Crippen LogP contribution in [0.3, 0.4) is 0 Å². The lowest BCUT2D eigenvalue weighted by Gasteiger charge is -2.20. The summed E-state index contributed by atoms with van der Waals surface area (Å²) in [6.45, 7) is 1.92. The van der Waals surface area contributed by atoms with E-state index in [0.717, 1.165) is 36.1 Å². The Kier molecular flexibility index (Phi) is 6.53. The predicted octanol–water partition coefficient (Wildman–Crippen LogP) is 4.55. The molecule has 1 aliphatic heterocycles. The number of nitrogens with zero attached hydrogens (tertiary/aromatic N) is 3. The first-order valence-electron chi connectivity index (χ1n) is 10.3. The second-order valence-corrected chi connectivity index (χ2v) is 10.0. The zero-order valence-electron chi connectivity index (χ0n) is 17.8. The average molecular weight is 489 g/mol. The fourth-order valence-corrected chi connectivity index (χ4v) is 5.00. The van der Waals surface area contributed by atoms with Gasteiger partial charge in [-0.25, -0.2) is 17.8 Å². The van der Waals surface area contributed by atoms with Crippen molar-refractivity contribution in [3.63, 3.8) is 0 Å². The molecule has 0 unspecified atom stereocenters. The second kappa shape index (κ2) is 9.36. The number of carbonyl (C=O) groups is 1. The molecule has 2 aromatic carbocycles. The number of anilines is 3. The minimum atomic E-state index is -4.01. The molecule has 0 radical (unpaired) electrons. The monoisotopic (exact) mass is 488 g/mol. The van der Waals surface area contributed by atoms with E-state index >= 15 is 0 Å². The number of aromatic nitrogens is 1. The number of hydrogen-bond donors (Lipinski definition) is 1. The van der Waals surface area contributed by atoms with Gasteiger partial charge in [-0.05, 0) is 67.4 Å². The third-order valence-electron chi connectivity index (χ3n) is 5.47. The number of nitrogens with one attached hydrogen (secondary N) is 1. The van der Waals surface area contributed by atoms with E-state index in [1.165, 1.54) is 49.5 Å². The molecule has 33 heavy (non-hydrogen) atoms. The Morgan fingerprint density at radius 2 is 1.79 bits per heavy atom. The maximum absolute atomic E-state index is 13.2. The first kappa shape index (κ1) is 23.0. The van der Waals surface area contributed by atoms with Crippen molar-refractivity contribution in [2.24, 2.45) is 0 Å². The molecule has 2 heterocycles. The van der Waals surface area contributed by atoms with Gasteiger partial charge in [0.25, 0.3) is 15.9 Å². The van der Waals surface area contributed by atoms with Crippen LogP contribution in [0, 0.1) is 5.82 Å². The third kappa shape index (κ3) is 4.94. The standard InChI is InChI=1S/C23H22ClFN4O3S/c1-28(18-7-4-16(25)5-8-18)33(31,32)19-9-10-21(24)20(14-19)23(30)27-17-6-11-22(26-15-17)29-12-2-3-13-29/h4-11,14-15H,2-3,12-13H2,1H3,(H,27,30). The van der Waals surface area contributed by atoms with Crippen LogP contribution < -0.4 is 14.5 Å². The van der Waals surface area contributed by atoms with Crippen molar-refractivity contribution in [1.29, 1.82) is 0 Å². The Morgan fingerprint density at radius 3 is 2.42 bits per heavy atom. The largest absolute Gasteiger partial charge is 0.357 e. The molecule has 1 fully saturated rings. The Hall–Kier alpha value is -3.17. The molecule has 0 atom stereocenters. The highest BCUT2D eigenvalue weighted by atomic mass is 35.5. The van der Waals surface area contributed by atoms with Crippen LogP contribution in [0.1, 0.15) is 23.2 Å². The molecule has 0 aliphatic carbocycles. The van der Waals surface area contributed by atoms with E-state index in [4.69, 9.17) is 11.6 Å². The summed E-state index contributed by atoms with van der Waals surface area (Å²) >= 11 is 6.20. The smallest absolute Gasteiger partial charge is 0.264 e. The van der Waals surface area contributed by atoms with Gasteiger partial charge in [0.15, 0.2) is 0 Å². The number of sulfonamides is 1. The van der Waals surface area contributed by atoms with Crippen molar-refractivity contribution in [1.82, 2.24) is 4.98 Å². The molecule has 172 valence electrons. The summed E-state index contributed by atoms with van der Waals surface area (Å²) in [4.78, 5) is 19.3. The van der Waals surface area contributed by atoms with Gasteiger partial charge in [0.1, 0.15) is 11.6 Å². The molecule has 3 aromatic rings. The van der Waals surface area contributed by atoms with Crippen molar-refractivity contribution >= 4 is 44.7 Å². The highest BCUT2D eigenvalue weighted by Crippen LogP contribution is 2.27. The van der Waals surface area contributed by atoms with Crippen molar-refractivity contribution in [3.05, 3.63) is 77.2 Å². The zero-order valence-corrected chi connectivity index (χ0v) is 19.4. The van der Waals surface area contributed by atoms with Gasteiger partial charge < -0.3 is 10.2 Å².